The van der Waals surface area contributed by atoms with E-state index in [4.69, 9.17) is 9.72 Å². The summed E-state index contributed by atoms with van der Waals surface area (Å²) >= 11 is 0. The van der Waals surface area contributed by atoms with E-state index >= 15 is 0 Å². The second kappa shape index (κ2) is 7.23. The molecule has 0 unspecified atom stereocenters. The van der Waals surface area contributed by atoms with Gasteiger partial charge >= 0.3 is 0 Å². The van der Waals surface area contributed by atoms with Crippen molar-refractivity contribution in [3.05, 3.63) is 36.8 Å². The molecule has 2 aliphatic rings. The summed E-state index contributed by atoms with van der Waals surface area (Å²) in [4.78, 5) is 7.27. The lowest BCUT2D eigenvalue weighted by Crippen LogP contribution is -2.41. The van der Waals surface area contributed by atoms with Gasteiger partial charge in [0.05, 0.1) is 29.9 Å². The van der Waals surface area contributed by atoms with Crippen LogP contribution in [0.25, 0.3) is 27.7 Å². The minimum absolute atomic E-state index is 0.514. The first kappa shape index (κ1) is 18.6. The molecule has 0 amide bonds. The number of nitrogens with zero attached hydrogens (tertiary/aromatic N) is 5. The first-order chi connectivity index (χ1) is 15.2. The van der Waals surface area contributed by atoms with Crippen molar-refractivity contribution in [3.63, 3.8) is 0 Å². The molecule has 4 aromatic rings. The molecule has 6 rings (SSSR count). The quantitative estimate of drug-likeness (QED) is 0.530. The van der Waals surface area contributed by atoms with Gasteiger partial charge in [-0.1, -0.05) is 0 Å². The van der Waals surface area contributed by atoms with Crippen LogP contribution in [-0.4, -0.2) is 57.6 Å². The first-order valence-corrected chi connectivity index (χ1v) is 11.2. The van der Waals surface area contributed by atoms with Gasteiger partial charge in [0.1, 0.15) is 11.6 Å². The van der Waals surface area contributed by atoms with Gasteiger partial charge in [0, 0.05) is 37.0 Å². The highest BCUT2D eigenvalue weighted by molar-refractivity contribution is 6.00. The zero-order chi connectivity index (χ0) is 20.8. The van der Waals surface area contributed by atoms with E-state index in [1.165, 1.54) is 32.4 Å². The molecule has 2 fully saturated rings. The number of fused-ring (bicyclic) bond motifs is 3. The average molecular weight is 418 g/mol. The van der Waals surface area contributed by atoms with Gasteiger partial charge < -0.3 is 15.0 Å². The smallest absolute Gasteiger partial charge is 0.178 e. The molecule has 1 spiro atoms. The van der Waals surface area contributed by atoms with Gasteiger partial charge in [0.15, 0.2) is 5.65 Å². The third-order valence-electron chi connectivity index (χ3n) is 6.95. The van der Waals surface area contributed by atoms with Crippen molar-refractivity contribution >= 4 is 22.4 Å². The Hall–Kier alpha value is -3.13. The van der Waals surface area contributed by atoms with Gasteiger partial charge in [0.25, 0.3) is 0 Å². The summed E-state index contributed by atoms with van der Waals surface area (Å²) in [6.45, 7) is 7.09. The number of nitrogens with one attached hydrogen (secondary N) is 2. The first-order valence-electron chi connectivity index (χ1n) is 11.2. The Bertz CT molecular complexity index is 1210. The Labute approximate surface area is 180 Å². The van der Waals surface area contributed by atoms with Crippen LogP contribution < -0.4 is 15.0 Å². The van der Waals surface area contributed by atoms with Crippen molar-refractivity contribution in [1.82, 2.24) is 30.1 Å². The van der Waals surface area contributed by atoms with E-state index < -0.39 is 0 Å². The number of aromatic amines is 1. The summed E-state index contributed by atoms with van der Waals surface area (Å²) in [6.07, 6.45) is 9.52. The SMILES string of the molecule is CCOc1cc(-c2ccc(N3CCC4(CCNC4)CC3)nc2)c2c3cn[nH]c3nn2c1. The molecule has 0 saturated carbocycles. The maximum absolute atomic E-state index is 5.79. The lowest BCUT2D eigenvalue weighted by molar-refractivity contribution is 0.247. The monoisotopic (exact) mass is 417 g/mol. The molecule has 0 radical (unpaired) electrons. The van der Waals surface area contributed by atoms with Crippen LogP contribution in [-0.2, 0) is 0 Å². The largest absolute Gasteiger partial charge is 0.492 e. The molecule has 8 nitrogen and oxygen atoms in total. The number of hydrogen-bond acceptors (Lipinski definition) is 6. The molecule has 2 N–H and O–H groups in total. The minimum Gasteiger partial charge on any atom is -0.492 e. The van der Waals surface area contributed by atoms with E-state index in [0.717, 1.165) is 52.3 Å². The van der Waals surface area contributed by atoms with Crippen LogP contribution in [0.1, 0.15) is 26.2 Å². The number of hydrogen-bond donors (Lipinski definition) is 2. The van der Waals surface area contributed by atoms with Gasteiger partial charge in [-0.3, -0.25) is 5.10 Å². The zero-order valence-corrected chi connectivity index (χ0v) is 17.8. The van der Waals surface area contributed by atoms with Crippen molar-refractivity contribution in [2.45, 2.75) is 26.2 Å². The molecular formula is C23H27N7O. The third kappa shape index (κ3) is 3.13. The fraction of sp³-hybridized carbons (Fsp3) is 0.435. The lowest BCUT2D eigenvalue weighted by Gasteiger charge is -2.39. The van der Waals surface area contributed by atoms with Gasteiger partial charge in [-0.05, 0) is 56.3 Å². The summed E-state index contributed by atoms with van der Waals surface area (Å²) in [5.74, 6) is 1.85. The molecular weight excluding hydrogens is 390 g/mol. The van der Waals surface area contributed by atoms with Gasteiger partial charge in [-0.2, -0.15) is 5.10 Å². The number of piperidine rings is 1. The van der Waals surface area contributed by atoms with Gasteiger partial charge in [-0.25, -0.2) is 9.50 Å². The fourth-order valence-electron chi connectivity index (χ4n) is 5.17. The maximum Gasteiger partial charge on any atom is 0.178 e. The predicted octanol–water partition coefficient (Wildman–Crippen LogP) is 3.25. The van der Waals surface area contributed by atoms with E-state index in [2.05, 4.69) is 43.7 Å². The number of H-pyrrole nitrogens is 1. The number of ether oxygens (including phenoxy) is 1. The van der Waals surface area contributed by atoms with Gasteiger partial charge in [-0.15, -0.1) is 5.10 Å². The molecule has 4 aromatic heterocycles. The van der Waals surface area contributed by atoms with Crippen LogP contribution in [0.2, 0.25) is 0 Å². The maximum atomic E-state index is 5.79. The van der Waals surface area contributed by atoms with Crippen LogP contribution in [0.5, 0.6) is 5.75 Å². The molecule has 0 bridgehead atoms. The van der Waals surface area contributed by atoms with Crippen molar-refractivity contribution < 1.29 is 4.74 Å². The predicted molar refractivity (Wildman–Crippen MR) is 121 cm³/mol. The molecule has 8 heteroatoms. The Kier molecular flexibility index (Phi) is 4.34. The summed E-state index contributed by atoms with van der Waals surface area (Å²) in [5, 5.41) is 16.3. The fourth-order valence-corrected chi connectivity index (χ4v) is 5.17. The highest BCUT2D eigenvalue weighted by Gasteiger charge is 2.37. The number of aromatic nitrogens is 5. The Balaban J connectivity index is 1.33. The minimum atomic E-state index is 0.514. The number of pyridine rings is 2. The normalized spacial score (nSPS) is 18.4. The Morgan fingerprint density at radius 3 is 2.81 bits per heavy atom. The average Bonchev–Trinajstić information content (AvgIpc) is 3.51. The van der Waals surface area contributed by atoms with Crippen LogP contribution in [0.15, 0.2) is 36.8 Å². The van der Waals surface area contributed by atoms with Crippen LogP contribution in [0.4, 0.5) is 5.82 Å². The Morgan fingerprint density at radius 2 is 2.06 bits per heavy atom. The van der Waals surface area contributed by atoms with Gasteiger partial charge in [0.2, 0.25) is 0 Å². The highest BCUT2D eigenvalue weighted by Crippen LogP contribution is 2.38. The number of anilines is 1. The Morgan fingerprint density at radius 1 is 1.16 bits per heavy atom. The van der Waals surface area contributed by atoms with Crippen LogP contribution in [0.3, 0.4) is 0 Å². The summed E-state index contributed by atoms with van der Waals surface area (Å²) in [5.41, 5.74) is 4.38. The summed E-state index contributed by atoms with van der Waals surface area (Å²) < 4.78 is 7.66. The van der Waals surface area contributed by atoms with E-state index in [0.29, 0.717) is 12.0 Å². The van der Waals surface area contributed by atoms with Crippen molar-refractivity contribution in [1.29, 1.82) is 0 Å². The number of rotatable bonds is 4. The summed E-state index contributed by atoms with van der Waals surface area (Å²) in [7, 11) is 0. The molecule has 2 aliphatic heterocycles. The highest BCUT2D eigenvalue weighted by atomic mass is 16.5. The van der Waals surface area contributed by atoms with E-state index in [1.807, 2.05) is 30.0 Å². The van der Waals surface area contributed by atoms with E-state index in [1.54, 1.807) is 0 Å². The molecule has 31 heavy (non-hydrogen) atoms. The van der Waals surface area contributed by atoms with E-state index in [-0.39, 0.29) is 0 Å². The van der Waals surface area contributed by atoms with Crippen molar-refractivity contribution in [3.8, 4) is 16.9 Å². The molecule has 6 heterocycles. The molecule has 0 aromatic carbocycles. The second-order valence-electron chi connectivity index (χ2n) is 8.77. The molecule has 2 saturated heterocycles. The topological polar surface area (TPSA) is 83.4 Å². The van der Waals surface area contributed by atoms with E-state index in [9.17, 15) is 0 Å². The zero-order valence-electron chi connectivity index (χ0n) is 17.8. The van der Waals surface area contributed by atoms with Crippen LogP contribution >= 0.6 is 0 Å². The summed E-state index contributed by atoms with van der Waals surface area (Å²) in [6, 6.07) is 6.38. The van der Waals surface area contributed by atoms with Crippen molar-refractivity contribution in [2.75, 3.05) is 37.7 Å². The standard InChI is InChI=1S/C23H27N7O/c1-2-31-17-11-18(21-19-13-26-27-22(19)28-30(21)14-17)16-3-4-20(25-12-16)29-9-6-23(7-10-29)5-8-24-15-23/h3-4,11-14,24H,2,5-10,15H2,1H3,(H,27,28). The molecule has 0 atom stereocenters. The second-order valence-corrected chi connectivity index (χ2v) is 8.77. The molecule has 160 valence electrons. The third-order valence-corrected chi connectivity index (χ3v) is 6.95. The van der Waals surface area contributed by atoms with Crippen molar-refractivity contribution in [2.24, 2.45) is 5.41 Å². The van der Waals surface area contributed by atoms with Crippen LogP contribution in [0, 0.1) is 5.41 Å². The molecule has 0 aliphatic carbocycles. The lowest BCUT2D eigenvalue weighted by atomic mass is 9.78.